The van der Waals surface area contributed by atoms with Gasteiger partial charge in [0, 0.05) is 13.1 Å². The van der Waals surface area contributed by atoms with Gasteiger partial charge >= 0.3 is 5.97 Å². The molecule has 0 saturated carbocycles. The van der Waals surface area contributed by atoms with E-state index in [0.717, 1.165) is 12.6 Å². The van der Waals surface area contributed by atoms with Crippen molar-refractivity contribution in [2.75, 3.05) is 13.1 Å². The van der Waals surface area contributed by atoms with Crippen molar-refractivity contribution in [3.63, 3.8) is 0 Å². The van der Waals surface area contributed by atoms with E-state index in [1.54, 1.807) is 0 Å². The van der Waals surface area contributed by atoms with Crippen LogP contribution in [-0.2, 0) is 10.0 Å². The average molecular weight is 273 g/mol. The van der Waals surface area contributed by atoms with Gasteiger partial charge in [-0.2, -0.15) is 9.40 Å². The third-order valence-corrected chi connectivity index (χ3v) is 4.89. The molecule has 1 aliphatic heterocycles. The number of H-pyrrole nitrogens is 1. The fourth-order valence-corrected chi connectivity index (χ4v) is 3.72. The summed E-state index contributed by atoms with van der Waals surface area (Å²) in [6.45, 7) is 4.74. The van der Waals surface area contributed by atoms with Crippen molar-refractivity contribution < 1.29 is 18.3 Å². The number of aromatic nitrogens is 2. The average Bonchev–Trinajstić information content (AvgIpc) is 2.83. The number of carboxylic acids is 1. The monoisotopic (exact) mass is 273 g/mol. The molecule has 0 radical (unpaired) electrons. The van der Waals surface area contributed by atoms with Crippen LogP contribution in [0.3, 0.4) is 0 Å². The first-order valence-corrected chi connectivity index (χ1v) is 6.95. The second-order valence-corrected chi connectivity index (χ2v) is 7.05. The molecule has 2 heterocycles. The van der Waals surface area contributed by atoms with Crippen LogP contribution in [0.25, 0.3) is 0 Å². The van der Waals surface area contributed by atoms with E-state index in [4.69, 9.17) is 5.11 Å². The Kier molecular flexibility index (Phi) is 2.94. The van der Waals surface area contributed by atoms with Gasteiger partial charge in [-0.05, 0) is 11.8 Å². The minimum Gasteiger partial charge on any atom is -0.478 e. The van der Waals surface area contributed by atoms with Crippen molar-refractivity contribution in [1.82, 2.24) is 14.5 Å². The molecule has 1 aliphatic rings. The molecule has 7 nitrogen and oxygen atoms in total. The highest BCUT2D eigenvalue weighted by Gasteiger charge is 2.39. The van der Waals surface area contributed by atoms with Crippen LogP contribution in [0, 0.1) is 5.41 Å². The molecule has 100 valence electrons. The van der Waals surface area contributed by atoms with Crippen molar-refractivity contribution in [3.05, 3.63) is 11.8 Å². The van der Waals surface area contributed by atoms with Crippen LogP contribution in [-0.4, -0.2) is 47.1 Å². The van der Waals surface area contributed by atoms with Gasteiger partial charge < -0.3 is 5.11 Å². The van der Waals surface area contributed by atoms with Gasteiger partial charge in [0.2, 0.25) is 0 Å². The maximum absolute atomic E-state index is 12.3. The van der Waals surface area contributed by atoms with Crippen LogP contribution < -0.4 is 0 Å². The zero-order valence-corrected chi connectivity index (χ0v) is 11.0. The highest BCUT2D eigenvalue weighted by Crippen LogP contribution is 2.32. The van der Waals surface area contributed by atoms with E-state index >= 15 is 0 Å². The number of rotatable bonds is 3. The summed E-state index contributed by atoms with van der Waals surface area (Å²) in [6.07, 6.45) is 1.76. The Hall–Kier alpha value is -1.41. The molecule has 0 atom stereocenters. The number of carboxylic acid groups (broad SMARTS) is 1. The van der Waals surface area contributed by atoms with Crippen molar-refractivity contribution in [2.24, 2.45) is 5.41 Å². The Morgan fingerprint density at radius 3 is 2.72 bits per heavy atom. The smallest absolute Gasteiger partial charge is 0.340 e. The molecular formula is C10H15N3O4S. The maximum Gasteiger partial charge on any atom is 0.340 e. The third kappa shape index (κ3) is 2.13. The number of hydrogen-bond donors (Lipinski definition) is 2. The lowest BCUT2D eigenvalue weighted by molar-refractivity contribution is 0.0692. The van der Waals surface area contributed by atoms with Gasteiger partial charge in [-0.1, -0.05) is 13.8 Å². The number of nitrogens with one attached hydrogen (secondary N) is 1. The fourth-order valence-electron chi connectivity index (χ4n) is 2.02. The van der Waals surface area contributed by atoms with Crippen LogP contribution >= 0.6 is 0 Å². The Bertz CT molecular complexity index is 576. The predicted octanol–water partition coefficient (Wildman–Crippen LogP) is 0.528. The van der Waals surface area contributed by atoms with Gasteiger partial charge in [-0.15, -0.1) is 0 Å². The van der Waals surface area contributed by atoms with Gasteiger partial charge in [0.05, 0.1) is 6.20 Å². The highest BCUT2D eigenvalue weighted by molar-refractivity contribution is 7.89. The van der Waals surface area contributed by atoms with Crippen molar-refractivity contribution in [1.29, 1.82) is 0 Å². The number of aromatic carboxylic acids is 1. The number of nitrogens with zero attached hydrogens (tertiary/aromatic N) is 2. The van der Waals surface area contributed by atoms with Gasteiger partial charge in [0.25, 0.3) is 10.0 Å². The molecule has 0 unspecified atom stereocenters. The molecule has 0 amide bonds. The highest BCUT2D eigenvalue weighted by atomic mass is 32.2. The fraction of sp³-hybridized carbons (Fsp3) is 0.600. The lowest BCUT2D eigenvalue weighted by atomic mass is 9.93. The van der Waals surface area contributed by atoms with Crippen LogP contribution in [0.15, 0.2) is 11.2 Å². The summed E-state index contributed by atoms with van der Waals surface area (Å²) in [6, 6.07) is 0. The summed E-state index contributed by atoms with van der Waals surface area (Å²) in [7, 11) is -3.81. The lowest BCUT2D eigenvalue weighted by Gasteiger charge is -2.19. The number of carbonyl (C=O) groups is 1. The minimum atomic E-state index is -3.81. The van der Waals surface area contributed by atoms with Crippen LogP contribution in [0.4, 0.5) is 0 Å². The first-order valence-electron chi connectivity index (χ1n) is 5.51. The summed E-state index contributed by atoms with van der Waals surface area (Å²) in [5, 5.41) is 14.4. The topological polar surface area (TPSA) is 103 Å². The van der Waals surface area contributed by atoms with E-state index in [-0.39, 0.29) is 16.0 Å². The van der Waals surface area contributed by atoms with E-state index < -0.39 is 16.0 Å². The zero-order chi connectivity index (χ0) is 13.6. The number of sulfonamides is 1. The van der Waals surface area contributed by atoms with E-state index in [9.17, 15) is 13.2 Å². The minimum absolute atomic E-state index is 0.0868. The molecule has 1 aromatic heterocycles. The van der Waals surface area contributed by atoms with Crippen molar-refractivity contribution in [3.8, 4) is 0 Å². The van der Waals surface area contributed by atoms with Gasteiger partial charge in [0.15, 0.2) is 5.03 Å². The molecule has 0 aliphatic carbocycles. The largest absolute Gasteiger partial charge is 0.478 e. The number of hydrogen-bond acceptors (Lipinski definition) is 4. The second-order valence-electron chi connectivity index (χ2n) is 5.17. The Morgan fingerprint density at radius 2 is 2.22 bits per heavy atom. The molecule has 2 rings (SSSR count). The van der Waals surface area contributed by atoms with Crippen LogP contribution in [0.2, 0.25) is 0 Å². The van der Waals surface area contributed by atoms with E-state index in [0.29, 0.717) is 13.1 Å². The number of aromatic amines is 1. The quantitative estimate of drug-likeness (QED) is 0.836. The summed E-state index contributed by atoms with van der Waals surface area (Å²) in [4.78, 5) is 10.9. The van der Waals surface area contributed by atoms with Crippen LogP contribution in [0.5, 0.6) is 0 Å². The van der Waals surface area contributed by atoms with E-state index in [1.807, 2.05) is 13.8 Å². The summed E-state index contributed by atoms with van der Waals surface area (Å²) in [5.74, 6) is -1.30. The molecule has 0 aromatic carbocycles. The first-order chi connectivity index (χ1) is 8.24. The maximum atomic E-state index is 12.3. The Balaban J connectivity index is 2.38. The van der Waals surface area contributed by atoms with E-state index in [2.05, 4.69) is 10.2 Å². The summed E-state index contributed by atoms with van der Waals surface area (Å²) < 4.78 is 25.9. The summed E-state index contributed by atoms with van der Waals surface area (Å²) >= 11 is 0. The third-order valence-electron chi connectivity index (χ3n) is 3.08. The Labute approximate surface area is 105 Å². The van der Waals surface area contributed by atoms with Crippen molar-refractivity contribution in [2.45, 2.75) is 25.3 Å². The van der Waals surface area contributed by atoms with Crippen LogP contribution in [0.1, 0.15) is 30.6 Å². The SMILES string of the molecule is CC1(C)CCN(S(=O)(=O)c2[nH]ncc2C(=O)O)C1. The van der Waals surface area contributed by atoms with Gasteiger partial charge in [-0.3, -0.25) is 5.10 Å². The zero-order valence-electron chi connectivity index (χ0n) is 10.2. The molecule has 18 heavy (non-hydrogen) atoms. The molecule has 0 spiro atoms. The van der Waals surface area contributed by atoms with Gasteiger partial charge in [-0.25, -0.2) is 13.2 Å². The summed E-state index contributed by atoms with van der Waals surface area (Å²) in [5.41, 5.74) is -0.407. The van der Waals surface area contributed by atoms with Crippen molar-refractivity contribution >= 4 is 16.0 Å². The molecule has 2 N–H and O–H groups in total. The van der Waals surface area contributed by atoms with E-state index in [1.165, 1.54) is 4.31 Å². The molecule has 8 heteroatoms. The van der Waals surface area contributed by atoms with Gasteiger partial charge in [0.1, 0.15) is 5.56 Å². The molecule has 1 fully saturated rings. The Morgan fingerprint density at radius 1 is 1.56 bits per heavy atom. The standard InChI is InChI=1S/C10H15N3O4S/c1-10(2)3-4-13(6-10)18(16,17)8-7(9(14)15)5-11-12-8/h5H,3-4,6H2,1-2H3,(H,11,12)(H,14,15). The molecular weight excluding hydrogens is 258 g/mol. The normalized spacial score (nSPS) is 20.1. The molecule has 1 aromatic rings. The second kappa shape index (κ2) is 4.06. The molecule has 1 saturated heterocycles. The lowest BCUT2D eigenvalue weighted by Crippen LogP contribution is -2.31. The predicted molar refractivity (Wildman–Crippen MR) is 62.7 cm³/mol. The first kappa shape index (κ1) is 13.0. The molecule has 0 bridgehead atoms.